The minimum atomic E-state index is -0.795. The molecule has 0 radical (unpaired) electrons. The number of fused-ring (bicyclic) bond motifs is 1. The molecule has 6 heteroatoms. The summed E-state index contributed by atoms with van der Waals surface area (Å²) < 4.78 is 16.6. The highest BCUT2D eigenvalue weighted by Crippen LogP contribution is 2.38. The average Bonchev–Trinajstić information content (AvgIpc) is 2.65. The van der Waals surface area contributed by atoms with Crippen molar-refractivity contribution in [2.75, 3.05) is 13.7 Å². The van der Waals surface area contributed by atoms with Crippen LogP contribution in [0.25, 0.3) is 0 Å². The molecule has 0 unspecified atom stereocenters. The molecule has 2 aliphatic rings. The lowest BCUT2D eigenvalue weighted by molar-refractivity contribution is -0.218. The summed E-state index contributed by atoms with van der Waals surface area (Å²) in [7, 11) is 1.71. The van der Waals surface area contributed by atoms with Crippen molar-refractivity contribution in [3.8, 4) is 0 Å². The zero-order valence-corrected chi connectivity index (χ0v) is 9.71. The van der Waals surface area contributed by atoms with E-state index in [0.717, 1.165) is 0 Å². The number of rotatable bonds is 3. The minimum absolute atomic E-state index is 0.110. The Morgan fingerprint density at radius 2 is 2.06 bits per heavy atom. The molecule has 2 saturated heterocycles. The lowest BCUT2D eigenvalue weighted by Gasteiger charge is -2.27. The second-order valence-corrected chi connectivity index (χ2v) is 4.64. The van der Waals surface area contributed by atoms with Crippen LogP contribution >= 0.6 is 0 Å². The van der Waals surface area contributed by atoms with Crippen LogP contribution in [0.3, 0.4) is 0 Å². The Balaban J connectivity index is 2.04. The maximum Gasteiger partial charge on any atom is 0.190 e. The van der Waals surface area contributed by atoms with Gasteiger partial charge in [0.15, 0.2) is 12.1 Å². The quantitative estimate of drug-likeness (QED) is 0.568. The summed E-state index contributed by atoms with van der Waals surface area (Å²) in [6, 6.07) is -0.323. The fourth-order valence-electron chi connectivity index (χ4n) is 2.21. The topological polar surface area (TPSA) is 80.2 Å². The molecule has 5 atom stereocenters. The van der Waals surface area contributed by atoms with Crippen molar-refractivity contribution >= 4 is 0 Å². The third-order valence-corrected chi connectivity index (χ3v) is 3.02. The van der Waals surface area contributed by atoms with Crippen LogP contribution < -0.4 is 5.32 Å². The fourth-order valence-corrected chi connectivity index (χ4v) is 2.21. The van der Waals surface area contributed by atoms with E-state index in [1.807, 2.05) is 0 Å². The molecule has 0 spiro atoms. The molecule has 94 valence electrons. The van der Waals surface area contributed by atoms with Crippen LogP contribution in [0, 0.1) is 0 Å². The molecule has 0 aromatic rings. The maximum absolute atomic E-state index is 10.0. The lowest BCUT2D eigenvalue weighted by atomic mass is 10.0. The number of ether oxygens (including phenoxy) is 3. The Labute approximate surface area is 94.5 Å². The Hall–Kier alpha value is -0.240. The van der Waals surface area contributed by atoms with Crippen molar-refractivity contribution in [1.29, 1.82) is 0 Å². The SMILES string of the molecule is CN[C@H](CO)[C@H]1O[C@@H]2OC(C)(C)O[C@@H]2[C@H]1O. The normalized spacial score (nSPS) is 43.3. The van der Waals surface area contributed by atoms with Crippen LogP contribution in [0.5, 0.6) is 0 Å². The van der Waals surface area contributed by atoms with Gasteiger partial charge in [-0.25, -0.2) is 0 Å². The van der Waals surface area contributed by atoms with Gasteiger partial charge < -0.3 is 29.7 Å². The van der Waals surface area contributed by atoms with Crippen molar-refractivity contribution in [2.45, 2.75) is 50.3 Å². The summed E-state index contributed by atoms with van der Waals surface area (Å²) in [5.74, 6) is -0.727. The number of aliphatic hydroxyl groups excluding tert-OH is 2. The number of aliphatic hydroxyl groups is 2. The number of hydrogen-bond acceptors (Lipinski definition) is 6. The predicted molar refractivity (Wildman–Crippen MR) is 54.6 cm³/mol. The fraction of sp³-hybridized carbons (Fsp3) is 1.00. The molecular formula is C10H19NO5. The number of nitrogens with one attached hydrogen (secondary N) is 1. The summed E-state index contributed by atoms with van der Waals surface area (Å²) in [5.41, 5.74) is 0. The van der Waals surface area contributed by atoms with E-state index in [1.54, 1.807) is 20.9 Å². The largest absolute Gasteiger partial charge is 0.395 e. The van der Waals surface area contributed by atoms with Gasteiger partial charge in [-0.05, 0) is 20.9 Å². The van der Waals surface area contributed by atoms with E-state index in [0.29, 0.717) is 0 Å². The first-order valence-electron chi connectivity index (χ1n) is 5.46. The van der Waals surface area contributed by atoms with Gasteiger partial charge in [0.25, 0.3) is 0 Å². The van der Waals surface area contributed by atoms with Crippen LogP contribution in [-0.4, -0.2) is 60.3 Å². The van der Waals surface area contributed by atoms with Crippen LogP contribution in [0.2, 0.25) is 0 Å². The molecule has 3 N–H and O–H groups in total. The molecule has 2 rings (SSSR count). The summed E-state index contributed by atoms with van der Waals surface area (Å²) in [6.07, 6.45) is -2.35. The highest BCUT2D eigenvalue weighted by Gasteiger charge is 2.55. The molecule has 0 aliphatic carbocycles. The van der Waals surface area contributed by atoms with Gasteiger partial charge in [0.1, 0.15) is 18.3 Å². The molecule has 0 amide bonds. The number of likely N-dealkylation sites (N-methyl/N-ethyl adjacent to an activating group) is 1. The van der Waals surface area contributed by atoms with Gasteiger partial charge in [0.2, 0.25) is 0 Å². The van der Waals surface area contributed by atoms with Crippen LogP contribution in [0.4, 0.5) is 0 Å². The highest BCUT2D eigenvalue weighted by atomic mass is 16.8. The summed E-state index contributed by atoms with van der Waals surface area (Å²) >= 11 is 0. The van der Waals surface area contributed by atoms with Crippen molar-refractivity contribution in [3.05, 3.63) is 0 Å². The Kier molecular flexibility index (Phi) is 3.22. The van der Waals surface area contributed by atoms with E-state index < -0.39 is 30.4 Å². The first-order chi connectivity index (χ1) is 7.48. The minimum Gasteiger partial charge on any atom is -0.395 e. The van der Waals surface area contributed by atoms with Gasteiger partial charge in [-0.3, -0.25) is 0 Å². The zero-order valence-electron chi connectivity index (χ0n) is 9.71. The molecule has 16 heavy (non-hydrogen) atoms. The molecule has 6 nitrogen and oxygen atoms in total. The molecule has 0 aromatic carbocycles. The standard InChI is InChI=1S/C10H19NO5/c1-10(2)15-8-6(13)7(5(4-12)11-3)14-9(8)16-10/h5-9,11-13H,4H2,1-3H3/t5-,6+,7-,8-,9-/m1/s1. The summed E-state index contributed by atoms with van der Waals surface area (Å²) in [4.78, 5) is 0. The second kappa shape index (κ2) is 4.21. The van der Waals surface area contributed by atoms with E-state index in [-0.39, 0.29) is 12.6 Å². The molecule has 2 fully saturated rings. The zero-order chi connectivity index (χ0) is 11.9. The van der Waals surface area contributed by atoms with Crippen molar-refractivity contribution in [1.82, 2.24) is 5.32 Å². The first-order valence-corrected chi connectivity index (χ1v) is 5.46. The van der Waals surface area contributed by atoms with Gasteiger partial charge in [0.05, 0.1) is 12.6 Å². The van der Waals surface area contributed by atoms with Gasteiger partial charge in [-0.1, -0.05) is 0 Å². The lowest BCUT2D eigenvalue weighted by Crippen LogP contribution is -2.48. The van der Waals surface area contributed by atoms with Crippen LogP contribution in [0.1, 0.15) is 13.8 Å². The molecular weight excluding hydrogens is 214 g/mol. The van der Waals surface area contributed by atoms with Gasteiger partial charge in [-0.2, -0.15) is 0 Å². The monoisotopic (exact) mass is 233 g/mol. The maximum atomic E-state index is 10.0. The van der Waals surface area contributed by atoms with Gasteiger partial charge in [0, 0.05) is 0 Å². The first kappa shape index (κ1) is 12.2. The van der Waals surface area contributed by atoms with Crippen molar-refractivity contribution in [2.24, 2.45) is 0 Å². The summed E-state index contributed by atoms with van der Waals surface area (Å²) in [6.45, 7) is 3.44. The molecule has 2 aliphatic heterocycles. The van der Waals surface area contributed by atoms with Crippen molar-refractivity contribution < 1.29 is 24.4 Å². The van der Waals surface area contributed by atoms with E-state index >= 15 is 0 Å². The van der Waals surface area contributed by atoms with E-state index in [9.17, 15) is 5.11 Å². The smallest absolute Gasteiger partial charge is 0.190 e. The molecule has 2 heterocycles. The van der Waals surface area contributed by atoms with Gasteiger partial charge in [-0.15, -0.1) is 0 Å². The predicted octanol–water partition coefficient (Wildman–Crippen LogP) is -1.20. The van der Waals surface area contributed by atoms with Crippen LogP contribution in [0.15, 0.2) is 0 Å². The molecule has 0 saturated carbocycles. The second-order valence-electron chi connectivity index (χ2n) is 4.64. The van der Waals surface area contributed by atoms with E-state index in [1.165, 1.54) is 0 Å². The molecule has 0 aromatic heterocycles. The summed E-state index contributed by atoms with van der Waals surface area (Å²) in [5, 5.41) is 22.1. The number of hydrogen-bond donors (Lipinski definition) is 3. The van der Waals surface area contributed by atoms with Crippen molar-refractivity contribution in [3.63, 3.8) is 0 Å². The Bertz CT molecular complexity index is 256. The van der Waals surface area contributed by atoms with E-state index in [4.69, 9.17) is 19.3 Å². The Morgan fingerprint density at radius 3 is 2.56 bits per heavy atom. The third kappa shape index (κ3) is 1.97. The average molecular weight is 233 g/mol. The Morgan fingerprint density at radius 1 is 1.38 bits per heavy atom. The van der Waals surface area contributed by atoms with E-state index in [2.05, 4.69) is 5.32 Å². The van der Waals surface area contributed by atoms with Crippen LogP contribution in [-0.2, 0) is 14.2 Å². The third-order valence-electron chi connectivity index (χ3n) is 3.02. The molecule has 0 bridgehead atoms. The highest BCUT2D eigenvalue weighted by molar-refractivity contribution is 4.97. The van der Waals surface area contributed by atoms with Gasteiger partial charge >= 0.3 is 0 Å².